The van der Waals surface area contributed by atoms with Crippen molar-refractivity contribution in [1.82, 2.24) is 29.9 Å². The summed E-state index contributed by atoms with van der Waals surface area (Å²) >= 11 is 7.42. The van der Waals surface area contributed by atoms with Gasteiger partial charge in [0.1, 0.15) is 41.8 Å². The molecular weight excluding hydrogens is 561 g/mol. The van der Waals surface area contributed by atoms with Crippen molar-refractivity contribution in [2.45, 2.75) is 34.7 Å². The lowest BCUT2D eigenvalue weighted by Crippen LogP contribution is -2.55. The van der Waals surface area contributed by atoms with Gasteiger partial charge in [0.2, 0.25) is 0 Å². The summed E-state index contributed by atoms with van der Waals surface area (Å²) in [5, 5.41) is 29.4. The van der Waals surface area contributed by atoms with Gasteiger partial charge in [-0.15, -0.1) is 5.10 Å². The molecular formula is C24H20ClF3N6O4S. The van der Waals surface area contributed by atoms with Crippen molar-refractivity contribution in [3.63, 3.8) is 0 Å². The second-order valence-electron chi connectivity index (χ2n) is 8.49. The van der Waals surface area contributed by atoms with Crippen molar-refractivity contribution in [3.8, 4) is 22.5 Å². The Morgan fingerprint density at radius 3 is 2.49 bits per heavy atom. The molecule has 3 aromatic heterocycles. The van der Waals surface area contributed by atoms with Gasteiger partial charge in [-0.1, -0.05) is 28.6 Å². The van der Waals surface area contributed by atoms with E-state index in [-0.39, 0.29) is 11.3 Å². The lowest BCUT2D eigenvalue weighted by molar-refractivity contribution is -0.186. The van der Waals surface area contributed by atoms with Crippen LogP contribution in [0.15, 0.2) is 54.2 Å². The van der Waals surface area contributed by atoms with E-state index in [2.05, 4.69) is 25.3 Å². The number of halogens is 4. The molecule has 4 heterocycles. The van der Waals surface area contributed by atoms with E-state index in [4.69, 9.17) is 21.1 Å². The van der Waals surface area contributed by atoms with Crippen LogP contribution < -0.4 is 0 Å². The van der Waals surface area contributed by atoms with Crippen molar-refractivity contribution in [3.05, 3.63) is 71.8 Å². The van der Waals surface area contributed by atoms with Gasteiger partial charge < -0.3 is 19.7 Å². The molecule has 4 aromatic rings. The average molecular weight is 581 g/mol. The number of benzene rings is 1. The number of nitrogens with zero attached hydrogens (tertiary/aromatic N) is 6. The summed E-state index contributed by atoms with van der Waals surface area (Å²) in [5.41, 5.74) is 0.290. The molecule has 39 heavy (non-hydrogen) atoms. The van der Waals surface area contributed by atoms with Crippen LogP contribution in [0.1, 0.15) is 6.04 Å². The van der Waals surface area contributed by atoms with Crippen LogP contribution in [0.5, 0.6) is 0 Å². The van der Waals surface area contributed by atoms with Gasteiger partial charge in [-0.2, -0.15) is 0 Å². The molecule has 5 atom stereocenters. The number of aliphatic hydroxyl groups excluding tert-OH is 2. The first-order valence-corrected chi connectivity index (χ1v) is 12.7. The Bertz CT molecular complexity index is 1450. The summed E-state index contributed by atoms with van der Waals surface area (Å²) in [6, 6.07) is 2.30. The third-order valence-electron chi connectivity index (χ3n) is 6.09. The fourth-order valence-corrected chi connectivity index (χ4v) is 5.80. The first-order chi connectivity index (χ1) is 18.8. The van der Waals surface area contributed by atoms with E-state index in [0.29, 0.717) is 21.2 Å². The van der Waals surface area contributed by atoms with Crippen molar-refractivity contribution in [2.24, 2.45) is 0 Å². The molecule has 1 aliphatic heterocycles. The third kappa shape index (κ3) is 5.48. The number of aromatic nitrogens is 6. The molecule has 0 amide bonds. The number of rotatable bonds is 7. The summed E-state index contributed by atoms with van der Waals surface area (Å²) in [6.07, 6.45) is 4.13. The monoisotopic (exact) mass is 580 g/mol. The number of hydrogen-bond acceptors (Lipinski definition) is 10. The minimum atomic E-state index is -1.60. The number of aliphatic hydroxyl groups is 2. The van der Waals surface area contributed by atoms with E-state index in [9.17, 15) is 23.4 Å². The van der Waals surface area contributed by atoms with Crippen LogP contribution in [0.2, 0.25) is 5.02 Å². The number of hydrogen-bond donors (Lipinski definition) is 2. The van der Waals surface area contributed by atoms with Gasteiger partial charge in [0.25, 0.3) is 0 Å². The van der Waals surface area contributed by atoms with E-state index in [1.165, 1.54) is 42.3 Å². The summed E-state index contributed by atoms with van der Waals surface area (Å²) in [5.74, 6) is -4.37. The van der Waals surface area contributed by atoms with Gasteiger partial charge in [0, 0.05) is 41.7 Å². The fraction of sp³-hybridized carbons (Fsp3) is 0.292. The van der Waals surface area contributed by atoms with Crippen LogP contribution in [-0.2, 0) is 9.47 Å². The molecule has 1 aromatic carbocycles. The van der Waals surface area contributed by atoms with Crippen LogP contribution in [0.4, 0.5) is 13.2 Å². The van der Waals surface area contributed by atoms with Gasteiger partial charge >= 0.3 is 0 Å². The highest BCUT2D eigenvalue weighted by atomic mass is 35.5. The minimum Gasteiger partial charge on any atom is -0.394 e. The van der Waals surface area contributed by atoms with Crippen LogP contribution >= 0.6 is 23.4 Å². The molecule has 0 radical (unpaired) electrons. The largest absolute Gasteiger partial charge is 0.394 e. The zero-order chi connectivity index (χ0) is 27.7. The first kappa shape index (κ1) is 27.4. The molecule has 15 heteroatoms. The molecule has 0 spiro atoms. The quantitative estimate of drug-likeness (QED) is 0.314. The second kappa shape index (κ2) is 11.5. The highest BCUT2D eigenvalue weighted by Crippen LogP contribution is 2.42. The van der Waals surface area contributed by atoms with Crippen LogP contribution in [0.25, 0.3) is 22.5 Å². The lowest BCUT2D eigenvalue weighted by Gasteiger charge is -2.43. The zero-order valence-corrected chi connectivity index (χ0v) is 21.6. The number of methoxy groups -OCH3 is 1. The first-order valence-electron chi connectivity index (χ1n) is 11.4. The molecule has 5 rings (SSSR count). The molecule has 10 nitrogen and oxygen atoms in total. The Morgan fingerprint density at radius 2 is 1.82 bits per heavy atom. The molecule has 204 valence electrons. The van der Waals surface area contributed by atoms with E-state index in [1.807, 2.05) is 0 Å². The van der Waals surface area contributed by atoms with E-state index in [0.717, 1.165) is 12.1 Å². The molecule has 2 unspecified atom stereocenters. The maximum atomic E-state index is 13.8. The van der Waals surface area contributed by atoms with Crippen molar-refractivity contribution >= 4 is 23.4 Å². The Balaban J connectivity index is 1.50. The summed E-state index contributed by atoms with van der Waals surface area (Å²) in [6.45, 7) is -0.533. The topological polar surface area (TPSA) is 128 Å². The van der Waals surface area contributed by atoms with Gasteiger partial charge in [0.05, 0.1) is 23.5 Å². The Hall–Kier alpha value is -3.14. The molecule has 0 aliphatic carbocycles. The second-order valence-corrected chi connectivity index (χ2v) is 10.1. The van der Waals surface area contributed by atoms with Crippen LogP contribution in [-0.4, -0.2) is 77.6 Å². The van der Waals surface area contributed by atoms with Gasteiger partial charge in [-0.05, 0) is 18.2 Å². The number of thioether (sulfide) groups is 1. The van der Waals surface area contributed by atoms with E-state index in [1.54, 1.807) is 18.5 Å². The number of ether oxygens (including phenoxy) is 2. The third-order valence-corrected chi connectivity index (χ3v) is 7.47. The lowest BCUT2D eigenvalue weighted by atomic mass is 9.97. The molecule has 1 fully saturated rings. The molecule has 0 saturated carbocycles. The smallest absolute Gasteiger partial charge is 0.194 e. The minimum absolute atomic E-state index is 0.0245. The van der Waals surface area contributed by atoms with E-state index < -0.39 is 53.8 Å². The van der Waals surface area contributed by atoms with Crippen molar-refractivity contribution in [2.75, 3.05) is 13.7 Å². The zero-order valence-electron chi connectivity index (χ0n) is 20.0. The standard InChI is InChI=1S/C24H20ClF3N6O4S/c1-37-23-21(34-8-16(32-33-34)11-2-14(26)19(28)15(27)3-11)22(36)17(9-35)38-24(23)39-18-4-13(25)7-31-20(18)12-5-29-10-30-6-12/h2-8,10,17,21-24,35-36H,9H2,1H3/t17?,21-,22-,23?,24+/m0/s1. The maximum Gasteiger partial charge on any atom is 0.194 e. The Kier molecular flexibility index (Phi) is 8.11. The molecule has 1 aliphatic rings. The Morgan fingerprint density at radius 1 is 1.10 bits per heavy atom. The van der Waals surface area contributed by atoms with Crippen LogP contribution in [0.3, 0.4) is 0 Å². The normalized spacial score (nSPS) is 23.2. The molecule has 2 N–H and O–H groups in total. The predicted octanol–water partition coefficient (Wildman–Crippen LogP) is 3.29. The summed E-state index contributed by atoms with van der Waals surface area (Å²) in [4.78, 5) is 13.1. The molecule has 1 saturated heterocycles. The van der Waals surface area contributed by atoms with Crippen molar-refractivity contribution < 1.29 is 32.9 Å². The fourth-order valence-electron chi connectivity index (χ4n) is 4.24. The SMILES string of the molecule is COC1[C@@H](Sc2cc(Cl)cnc2-c2cncnc2)OC(CO)[C@H](O)[C@@H]1n1cc(-c2cc(F)c(F)c(F)c2)nn1. The average Bonchev–Trinajstić information content (AvgIpc) is 3.42. The predicted molar refractivity (Wildman–Crippen MR) is 133 cm³/mol. The maximum absolute atomic E-state index is 13.8. The van der Waals surface area contributed by atoms with E-state index >= 15 is 0 Å². The Labute approximate surface area is 228 Å². The highest BCUT2D eigenvalue weighted by molar-refractivity contribution is 8.00. The summed E-state index contributed by atoms with van der Waals surface area (Å²) in [7, 11) is 1.41. The number of pyridine rings is 1. The van der Waals surface area contributed by atoms with Crippen molar-refractivity contribution in [1.29, 1.82) is 0 Å². The van der Waals surface area contributed by atoms with Gasteiger partial charge in [-0.3, -0.25) is 4.98 Å². The summed E-state index contributed by atoms with van der Waals surface area (Å²) < 4.78 is 54.0. The molecule has 0 bridgehead atoms. The highest BCUT2D eigenvalue weighted by Gasteiger charge is 2.47. The van der Waals surface area contributed by atoms with Crippen LogP contribution in [0, 0.1) is 17.5 Å². The van der Waals surface area contributed by atoms with Gasteiger partial charge in [-0.25, -0.2) is 27.8 Å². The van der Waals surface area contributed by atoms with Gasteiger partial charge in [0.15, 0.2) is 17.5 Å².